The number of carbonyl (C=O) groups is 2. The van der Waals surface area contributed by atoms with Crippen LogP contribution in [0.4, 0.5) is 0 Å². The number of rotatable bonds is 5. The molecule has 1 unspecified atom stereocenters. The normalized spacial score (nSPS) is 19.6. The molecule has 10 heteroatoms. The van der Waals surface area contributed by atoms with Crippen molar-refractivity contribution in [2.24, 2.45) is 10.2 Å². The molecule has 0 aromatic heterocycles. The van der Waals surface area contributed by atoms with Gasteiger partial charge in [0.25, 0.3) is 0 Å². The van der Waals surface area contributed by atoms with Crippen LogP contribution in [-0.4, -0.2) is 50.8 Å². The summed E-state index contributed by atoms with van der Waals surface area (Å²) in [4.78, 5) is 22.1. The topological polar surface area (TPSA) is 132 Å². The minimum Gasteiger partial charge on any atom is -0.481 e. The largest absolute Gasteiger partial charge is 0.488 e. The molecule has 4 N–H and O–H groups in total. The first-order chi connectivity index (χ1) is 10.5. The zero-order valence-electron chi connectivity index (χ0n) is 11.2. The smallest absolute Gasteiger partial charge is 0.481 e. The number of carboxylic acid groups (broad SMARTS) is 1. The van der Waals surface area contributed by atoms with Crippen molar-refractivity contribution in [3.63, 3.8) is 0 Å². The zero-order chi connectivity index (χ0) is 16.1. The summed E-state index contributed by atoms with van der Waals surface area (Å²) in [7, 11) is -1.57. The fourth-order valence-corrected chi connectivity index (χ4v) is 2.61. The Morgan fingerprint density at radius 1 is 1.45 bits per heavy atom. The monoisotopic (exact) mass is 321 g/mol. The summed E-state index contributed by atoms with van der Waals surface area (Å²) < 4.78 is 0. The predicted octanol–water partition coefficient (Wildman–Crippen LogP) is -1.24. The van der Waals surface area contributed by atoms with Crippen molar-refractivity contribution in [3.05, 3.63) is 29.8 Å². The van der Waals surface area contributed by atoms with Crippen LogP contribution < -0.4 is 10.8 Å². The minimum absolute atomic E-state index is 0.228. The van der Waals surface area contributed by atoms with E-state index in [4.69, 9.17) is 15.2 Å². The van der Waals surface area contributed by atoms with Gasteiger partial charge in [-0.3, -0.25) is 9.59 Å². The molecule has 0 saturated carbocycles. The number of amidine groups is 1. The molecule has 2 rings (SSSR count). The molecule has 1 aliphatic rings. The van der Waals surface area contributed by atoms with Crippen molar-refractivity contribution in [3.8, 4) is 0 Å². The lowest BCUT2D eigenvalue weighted by Crippen LogP contribution is -2.29. The van der Waals surface area contributed by atoms with Crippen molar-refractivity contribution in [2.45, 2.75) is 11.7 Å². The molecule has 22 heavy (non-hydrogen) atoms. The maximum absolute atomic E-state index is 11.5. The van der Waals surface area contributed by atoms with E-state index >= 15 is 0 Å². The molecule has 0 bridgehead atoms. The summed E-state index contributed by atoms with van der Waals surface area (Å²) in [5.41, 5.74) is 0.924. The van der Waals surface area contributed by atoms with Crippen LogP contribution in [0.2, 0.25) is 0 Å². The van der Waals surface area contributed by atoms with E-state index in [-0.39, 0.29) is 11.6 Å². The van der Waals surface area contributed by atoms with Gasteiger partial charge in [0.15, 0.2) is 5.17 Å². The van der Waals surface area contributed by atoms with Crippen LogP contribution >= 0.6 is 11.8 Å². The predicted molar refractivity (Wildman–Crippen MR) is 83.1 cm³/mol. The summed E-state index contributed by atoms with van der Waals surface area (Å²) >= 11 is 1.01. The first-order valence-corrected chi connectivity index (χ1v) is 7.10. The van der Waals surface area contributed by atoms with Gasteiger partial charge in [0, 0.05) is 0 Å². The van der Waals surface area contributed by atoms with Gasteiger partial charge >= 0.3 is 13.1 Å². The number of amides is 1. The summed E-state index contributed by atoms with van der Waals surface area (Å²) in [5.74, 6) is -1.47. The second-order valence-corrected chi connectivity index (χ2v) is 5.58. The third kappa shape index (κ3) is 4.42. The lowest BCUT2D eigenvalue weighted by Gasteiger charge is -1.99. The molecule has 114 valence electrons. The Morgan fingerprint density at radius 3 is 2.91 bits per heavy atom. The van der Waals surface area contributed by atoms with Gasteiger partial charge < -0.3 is 20.5 Å². The molecule has 1 heterocycles. The third-order valence-corrected chi connectivity index (χ3v) is 3.77. The number of aliphatic carboxylic acids is 1. The van der Waals surface area contributed by atoms with Gasteiger partial charge in [-0.05, 0) is 11.0 Å². The Bertz CT molecular complexity index is 649. The molecule has 1 fully saturated rings. The minimum atomic E-state index is -1.57. The van der Waals surface area contributed by atoms with Crippen LogP contribution in [0.5, 0.6) is 0 Å². The number of hydrogen-bond donors (Lipinski definition) is 4. The van der Waals surface area contributed by atoms with Gasteiger partial charge in [0.1, 0.15) is 5.25 Å². The highest BCUT2D eigenvalue weighted by atomic mass is 32.2. The summed E-state index contributed by atoms with van der Waals surface area (Å²) in [6.45, 7) is 0. The van der Waals surface area contributed by atoms with Gasteiger partial charge in [0.05, 0.1) is 12.6 Å². The van der Waals surface area contributed by atoms with E-state index in [0.29, 0.717) is 11.0 Å². The summed E-state index contributed by atoms with van der Waals surface area (Å²) in [6.07, 6.45) is 1.10. The second kappa shape index (κ2) is 7.21. The molecular formula is C12H12BN3O5S. The Morgan fingerprint density at radius 2 is 2.23 bits per heavy atom. The summed E-state index contributed by atoms with van der Waals surface area (Å²) in [5, 5.41) is 36.3. The number of benzene rings is 1. The van der Waals surface area contributed by atoms with E-state index in [9.17, 15) is 9.59 Å². The molecule has 0 spiro atoms. The fourth-order valence-electron chi connectivity index (χ4n) is 1.69. The average Bonchev–Trinajstić information content (AvgIpc) is 2.78. The van der Waals surface area contributed by atoms with Gasteiger partial charge in [0.2, 0.25) is 5.91 Å². The van der Waals surface area contributed by atoms with E-state index < -0.39 is 24.2 Å². The lowest BCUT2D eigenvalue weighted by molar-refractivity contribution is -0.138. The molecule has 0 radical (unpaired) electrons. The maximum atomic E-state index is 11.5. The number of thioether (sulfide) groups is 1. The Labute approximate surface area is 130 Å². The van der Waals surface area contributed by atoms with Gasteiger partial charge in [-0.1, -0.05) is 36.0 Å². The van der Waals surface area contributed by atoms with Crippen molar-refractivity contribution >= 4 is 47.6 Å². The van der Waals surface area contributed by atoms with E-state index in [2.05, 4.69) is 15.5 Å². The number of carboxylic acids is 1. The molecule has 1 aromatic rings. The van der Waals surface area contributed by atoms with Crippen molar-refractivity contribution in [1.29, 1.82) is 0 Å². The van der Waals surface area contributed by atoms with E-state index in [0.717, 1.165) is 11.8 Å². The fraction of sp³-hybridized carbons (Fsp3) is 0.167. The quantitative estimate of drug-likeness (QED) is 0.305. The van der Waals surface area contributed by atoms with E-state index in [1.807, 2.05) is 0 Å². The second-order valence-electron chi connectivity index (χ2n) is 4.39. The number of carbonyl (C=O) groups excluding carboxylic acids is 1. The molecule has 1 aliphatic heterocycles. The van der Waals surface area contributed by atoms with E-state index in [1.54, 1.807) is 18.2 Å². The molecular weight excluding hydrogens is 309 g/mol. The maximum Gasteiger partial charge on any atom is 0.488 e. The highest BCUT2D eigenvalue weighted by Gasteiger charge is 2.32. The average molecular weight is 321 g/mol. The van der Waals surface area contributed by atoms with Gasteiger partial charge in [-0.15, -0.1) is 5.10 Å². The molecule has 1 amide bonds. The number of hydrogen-bond acceptors (Lipinski definition) is 7. The highest BCUT2D eigenvalue weighted by Crippen LogP contribution is 2.22. The molecule has 1 atom stereocenters. The Kier molecular flexibility index (Phi) is 5.31. The Hall–Kier alpha value is -2.17. The highest BCUT2D eigenvalue weighted by molar-refractivity contribution is 8.15. The summed E-state index contributed by atoms with van der Waals surface area (Å²) in [6, 6.07) is 6.42. The van der Waals surface area contributed by atoms with E-state index in [1.165, 1.54) is 12.3 Å². The first kappa shape index (κ1) is 16.2. The molecule has 1 saturated heterocycles. The van der Waals surface area contributed by atoms with Crippen LogP contribution in [0.3, 0.4) is 0 Å². The van der Waals surface area contributed by atoms with Crippen LogP contribution in [0.1, 0.15) is 12.0 Å². The lowest BCUT2D eigenvalue weighted by atomic mass is 9.80. The first-order valence-electron chi connectivity index (χ1n) is 6.22. The van der Waals surface area contributed by atoms with Crippen LogP contribution in [0, 0.1) is 0 Å². The molecule has 8 nitrogen and oxygen atoms in total. The standard InChI is InChI=1S/C12H12BN3O5S/c17-10(18)5-9-11(19)15-12(22-9)16-14-6-7-2-1-3-8(4-7)13(20)21/h1-4,6,9,20-21H,5H2,(H,17,18)(H,15,16,19). The van der Waals surface area contributed by atoms with Gasteiger partial charge in [-0.25, -0.2) is 0 Å². The van der Waals surface area contributed by atoms with Crippen LogP contribution in [0.25, 0.3) is 0 Å². The van der Waals surface area contributed by atoms with Gasteiger partial charge in [-0.2, -0.15) is 5.10 Å². The number of nitrogens with zero attached hydrogens (tertiary/aromatic N) is 2. The Balaban J connectivity index is 2.01. The molecule has 0 aliphatic carbocycles. The molecule has 1 aromatic carbocycles. The van der Waals surface area contributed by atoms with Crippen molar-refractivity contribution in [2.75, 3.05) is 0 Å². The van der Waals surface area contributed by atoms with Crippen LogP contribution in [-0.2, 0) is 9.59 Å². The third-order valence-electron chi connectivity index (χ3n) is 2.70. The zero-order valence-corrected chi connectivity index (χ0v) is 12.0. The SMILES string of the molecule is O=C(O)CC1SC(=NN=Cc2cccc(B(O)O)c2)NC1=O. The van der Waals surface area contributed by atoms with Crippen molar-refractivity contribution in [1.82, 2.24) is 5.32 Å². The van der Waals surface area contributed by atoms with Crippen LogP contribution in [0.15, 0.2) is 34.5 Å². The van der Waals surface area contributed by atoms with Crippen molar-refractivity contribution < 1.29 is 24.7 Å². The number of nitrogens with one attached hydrogen (secondary N) is 1.